The van der Waals surface area contributed by atoms with E-state index < -0.39 is 24.0 Å². The number of hydrogen-bond donors (Lipinski definition) is 2. The van der Waals surface area contributed by atoms with Gasteiger partial charge in [0.2, 0.25) is 0 Å². The highest BCUT2D eigenvalue weighted by Gasteiger charge is 2.20. The van der Waals surface area contributed by atoms with Gasteiger partial charge < -0.3 is 20.1 Å². The largest absolute Gasteiger partial charge is 0.480 e. The molecule has 7 heteroatoms. The Hall–Kier alpha value is -1.79. The van der Waals surface area contributed by atoms with E-state index >= 15 is 0 Å². The average molecular weight is 246 g/mol. The third kappa shape index (κ3) is 5.74. The number of methoxy groups -OCH3 is 1. The van der Waals surface area contributed by atoms with Crippen LogP contribution in [0.15, 0.2) is 0 Å². The van der Waals surface area contributed by atoms with Crippen molar-refractivity contribution in [3.63, 3.8) is 0 Å². The van der Waals surface area contributed by atoms with E-state index in [1.54, 1.807) is 0 Å². The number of carbonyl (C=O) groups is 3. The van der Waals surface area contributed by atoms with Gasteiger partial charge in [0.25, 0.3) is 0 Å². The summed E-state index contributed by atoms with van der Waals surface area (Å²) in [5, 5.41) is 10.9. The van der Waals surface area contributed by atoms with Crippen LogP contribution in [0.1, 0.15) is 20.3 Å². The predicted molar refractivity (Wildman–Crippen MR) is 59.5 cm³/mol. The predicted octanol–water partition coefficient (Wildman–Crippen LogP) is 0.0541. The maximum Gasteiger partial charge on any atom is 0.325 e. The molecular formula is C10H18N2O5. The summed E-state index contributed by atoms with van der Waals surface area (Å²) < 4.78 is 4.45. The third-order valence-corrected chi connectivity index (χ3v) is 2.04. The van der Waals surface area contributed by atoms with Gasteiger partial charge in [-0.25, -0.2) is 4.79 Å². The van der Waals surface area contributed by atoms with Crippen molar-refractivity contribution >= 4 is 18.0 Å². The van der Waals surface area contributed by atoms with Crippen LogP contribution in [0.4, 0.5) is 4.79 Å². The van der Waals surface area contributed by atoms with Crippen LogP contribution < -0.4 is 5.32 Å². The Morgan fingerprint density at radius 1 is 1.41 bits per heavy atom. The summed E-state index contributed by atoms with van der Waals surface area (Å²) in [6, 6.07) is -1.59. The topological polar surface area (TPSA) is 95.9 Å². The van der Waals surface area contributed by atoms with Gasteiger partial charge in [-0.1, -0.05) is 6.92 Å². The number of carboxylic acid groups (broad SMARTS) is 1. The number of nitrogens with zero attached hydrogens (tertiary/aromatic N) is 1. The summed E-state index contributed by atoms with van der Waals surface area (Å²) in [5.41, 5.74) is 0. The Balaban J connectivity index is 4.43. The number of rotatable bonds is 6. The van der Waals surface area contributed by atoms with Crippen molar-refractivity contribution in [1.82, 2.24) is 10.2 Å². The van der Waals surface area contributed by atoms with Crippen molar-refractivity contribution in [2.45, 2.75) is 26.3 Å². The van der Waals surface area contributed by atoms with Crippen LogP contribution in [0.5, 0.6) is 0 Å². The lowest BCUT2D eigenvalue weighted by atomic mass is 10.3. The number of esters is 1. The second kappa shape index (κ2) is 7.48. The molecule has 7 nitrogen and oxygen atoms in total. The zero-order valence-corrected chi connectivity index (χ0v) is 10.2. The number of nitrogens with one attached hydrogen (secondary N) is 1. The number of ether oxygens (including phenoxy) is 1. The van der Waals surface area contributed by atoms with Crippen molar-refractivity contribution in [1.29, 1.82) is 0 Å². The Kier molecular flexibility index (Phi) is 6.69. The van der Waals surface area contributed by atoms with Gasteiger partial charge in [0, 0.05) is 6.54 Å². The van der Waals surface area contributed by atoms with Gasteiger partial charge >= 0.3 is 18.0 Å². The maximum absolute atomic E-state index is 11.6. The van der Waals surface area contributed by atoms with Crippen LogP contribution in [0.2, 0.25) is 0 Å². The minimum atomic E-state index is -1.13. The normalized spacial score (nSPS) is 11.5. The first kappa shape index (κ1) is 15.2. The molecule has 0 heterocycles. The van der Waals surface area contributed by atoms with Crippen LogP contribution in [0, 0.1) is 0 Å². The van der Waals surface area contributed by atoms with E-state index in [4.69, 9.17) is 5.11 Å². The van der Waals surface area contributed by atoms with Crippen LogP contribution in [-0.4, -0.2) is 54.2 Å². The first-order chi connectivity index (χ1) is 7.92. The Morgan fingerprint density at radius 3 is 2.41 bits per heavy atom. The molecular weight excluding hydrogens is 228 g/mol. The number of aliphatic carboxylic acids is 1. The molecule has 2 N–H and O–H groups in total. The van der Waals surface area contributed by atoms with E-state index in [1.807, 2.05) is 6.92 Å². The second-order valence-electron chi connectivity index (χ2n) is 3.51. The lowest BCUT2D eigenvalue weighted by Gasteiger charge is -2.22. The fourth-order valence-electron chi connectivity index (χ4n) is 1.08. The fraction of sp³-hybridized carbons (Fsp3) is 0.700. The maximum atomic E-state index is 11.6. The van der Waals surface area contributed by atoms with Crippen molar-refractivity contribution in [2.75, 3.05) is 20.2 Å². The molecule has 0 spiro atoms. The van der Waals surface area contributed by atoms with Gasteiger partial charge in [-0.05, 0) is 13.3 Å². The molecule has 0 aliphatic heterocycles. The zero-order chi connectivity index (χ0) is 13.4. The van der Waals surface area contributed by atoms with Crippen LogP contribution in [0.3, 0.4) is 0 Å². The molecule has 0 fully saturated rings. The second-order valence-corrected chi connectivity index (χ2v) is 3.51. The van der Waals surface area contributed by atoms with Crippen molar-refractivity contribution in [3.05, 3.63) is 0 Å². The molecule has 98 valence electrons. The average Bonchev–Trinajstić information content (AvgIpc) is 2.27. The van der Waals surface area contributed by atoms with Crippen LogP contribution in [0.25, 0.3) is 0 Å². The highest BCUT2D eigenvalue weighted by molar-refractivity contribution is 5.84. The zero-order valence-electron chi connectivity index (χ0n) is 10.2. The number of carboxylic acids is 1. The summed E-state index contributed by atoms with van der Waals surface area (Å²) in [5.74, 6) is -1.68. The fourth-order valence-corrected chi connectivity index (χ4v) is 1.08. The summed E-state index contributed by atoms with van der Waals surface area (Å²) >= 11 is 0. The molecule has 1 atom stereocenters. The van der Waals surface area contributed by atoms with Gasteiger partial charge in [-0.2, -0.15) is 0 Å². The van der Waals surface area contributed by atoms with Crippen LogP contribution >= 0.6 is 0 Å². The first-order valence-electron chi connectivity index (χ1n) is 5.27. The number of hydrogen-bond acceptors (Lipinski definition) is 4. The highest BCUT2D eigenvalue weighted by atomic mass is 16.5. The minimum absolute atomic E-state index is 0.192. The highest BCUT2D eigenvalue weighted by Crippen LogP contribution is 1.95. The van der Waals surface area contributed by atoms with Crippen molar-refractivity contribution < 1.29 is 24.2 Å². The lowest BCUT2D eigenvalue weighted by molar-refractivity contribution is -0.141. The molecule has 0 bridgehead atoms. The van der Waals surface area contributed by atoms with Gasteiger partial charge in [0.05, 0.1) is 7.11 Å². The van der Waals surface area contributed by atoms with Crippen molar-refractivity contribution in [2.24, 2.45) is 0 Å². The van der Waals surface area contributed by atoms with E-state index in [9.17, 15) is 14.4 Å². The van der Waals surface area contributed by atoms with Gasteiger partial charge in [0.15, 0.2) is 0 Å². The molecule has 0 aliphatic carbocycles. The molecule has 0 aromatic heterocycles. The lowest BCUT2D eigenvalue weighted by Crippen LogP contribution is -2.48. The minimum Gasteiger partial charge on any atom is -0.480 e. The molecule has 0 saturated heterocycles. The number of amides is 2. The Labute approximate surface area is 99.7 Å². The SMILES string of the molecule is CCCN(CC(=O)OC)C(=O)N[C@H](C)C(=O)O. The van der Waals surface area contributed by atoms with Gasteiger partial charge in [-0.15, -0.1) is 0 Å². The number of urea groups is 1. The molecule has 0 unspecified atom stereocenters. The molecule has 0 aliphatic rings. The number of carbonyl (C=O) groups excluding carboxylic acids is 2. The molecule has 0 rings (SSSR count). The third-order valence-electron chi connectivity index (χ3n) is 2.04. The summed E-state index contributed by atoms with van der Waals surface area (Å²) in [7, 11) is 1.23. The smallest absolute Gasteiger partial charge is 0.325 e. The monoisotopic (exact) mass is 246 g/mol. The first-order valence-corrected chi connectivity index (χ1v) is 5.27. The summed E-state index contributed by atoms with van der Waals surface area (Å²) in [6.45, 7) is 3.36. The van der Waals surface area contributed by atoms with E-state index in [0.717, 1.165) is 0 Å². The Bertz CT molecular complexity index is 292. The van der Waals surface area contributed by atoms with E-state index in [-0.39, 0.29) is 6.54 Å². The molecule has 0 aromatic rings. The molecule has 0 saturated carbocycles. The molecule has 0 radical (unpaired) electrons. The molecule has 2 amide bonds. The van der Waals surface area contributed by atoms with Gasteiger partial charge in [0.1, 0.15) is 12.6 Å². The summed E-state index contributed by atoms with van der Waals surface area (Å²) in [4.78, 5) is 34.5. The molecule has 0 aromatic carbocycles. The van der Waals surface area contributed by atoms with E-state index in [0.29, 0.717) is 13.0 Å². The molecule has 17 heavy (non-hydrogen) atoms. The summed E-state index contributed by atoms with van der Waals surface area (Å²) in [6.07, 6.45) is 0.659. The van der Waals surface area contributed by atoms with E-state index in [1.165, 1.54) is 18.9 Å². The van der Waals surface area contributed by atoms with Crippen LogP contribution in [-0.2, 0) is 14.3 Å². The quantitative estimate of drug-likeness (QED) is 0.646. The van der Waals surface area contributed by atoms with Gasteiger partial charge in [-0.3, -0.25) is 9.59 Å². The Morgan fingerprint density at radius 2 is 2.00 bits per heavy atom. The van der Waals surface area contributed by atoms with Crippen molar-refractivity contribution in [3.8, 4) is 0 Å². The van der Waals surface area contributed by atoms with E-state index in [2.05, 4.69) is 10.1 Å². The standard InChI is InChI=1S/C10H18N2O5/c1-4-5-12(6-8(13)17-3)10(16)11-7(2)9(14)15/h7H,4-6H2,1-3H3,(H,11,16)(H,14,15)/t7-/m1/s1.